The van der Waals surface area contributed by atoms with Crippen molar-refractivity contribution in [1.82, 2.24) is 15.2 Å². The molecule has 0 bridgehead atoms. The summed E-state index contributed by atoms with van der Waals surface area (Å²) in [6.07, 6.45) is 1.65. The number of anilines is 1. The SMILES string of the molecule is Nc1c(Cl)c(Cl)nc(C(=O)OCC(=O)NC2CCN(Cc3ccccc3)CC2)c1Cl. The van der Waals surface area contributed by atoms with Crippen LogP contribution < -0.4 is 11.1 Å². The van der Waals surface area contributed by atoms with Crippen molar-refractivity contribution >= 4 is 52.4 Å². The highest BCUT2D eigenvalue weighted by atomic mass is 35.5. The van der Waals surface area contributed by atoms with Crippen molar-refractivity contribution in [3.63, 3.8) is 0 Å². The molecule has 3 rings (SSSR count). The molecule has 0 atom stereocenters. The molecule has 160 valence electrons. The number of nitrogens with two attached hydrogens (primary N) is 1. The van der Waals surface area contributed by atoms with Gasteiger partial charge in [-0.15, -0.1) is 0 Å². The average molecular weight is 472 g/mol. The van der Waals surface area contributed by atoms with Crippen LogP contribution in [0, 0.1) is 0 Å². The van der Waals surface area contributed by atoms with E-state index in [1.54, 1.807) is 0 Å². The summed E-state index contributed by atoms with van der Waals surface area (Å²) in [6.45, 7) is 2.18. The minimum atomic E-state index is -0.905. The normalized spacial score (nSPS) is 15.0. The van der Waals surface area contributed by atoms with E-state index >= 15 is 0 Å². The zero-order valence-electron chi connectivity index (χ0n) is 16.0. The molecular formula is C20H21Cl3N4O3. The van der Waals surface area contributed by atoms with Crippen LogP contribution in [-0.4, -0.2) is 47.5 Å². The fraction of sp³-hybridized carbons (Fsp3) is 0.350. The van der Waals surface area contributed by atoms with Gasteiger partial charge >= 0.3 is 5.97 Å². The van der Waals surface area contributed by atoms with Gasteiger partial charge in [-0.1, -0.05) is 65.1 Å². The molecule has 1 aliphatic heterocycles. The molecule has 7 nitrogen and oxygen atoms in total. The van der Waals surface area contributed by atoms with Gasteiger partial charge in [-0.2, -0.15) is 0 Å². The second-order valence-corrected chi connectivity index (χ2v) is 8.09. The van der Waals surface area contributed by atoms with Crippen molar-refractivity contribution in [2.45, 2.75) is 25.4 Å². The smallest absolute Gasteiger partial charge is 0.359 e. The summed E-state index contributed by atoms with van der Waals surface area (Å²) in [5.74, 6) is -1.30. The molecular weight excluding hydrogens is 451 g/mol. The van der Waals surface area contributed by atoms with Gasteiger partial charge in [0.15, 0.2) is 17.5 Å². The monoisotopic (exact) mass is 470 g/mol. The van der Waals surface area contributed by atoms with Crippen LogP contribution >= 0.6 is 34.8 Å². The molecule has 0 unspecified atom stereocenters. The predicted molar refractivity (Wildman–Crippen MR) is 117 cm³/mol. The minimum Gasteiger partial charge on any atom is -0.451 e. The maximum absolute atomic E-state index is 12.2. The van der Waals surface area contributed by atoms with Crippen LogP contribution in [0.3, 0.4) is 0 Å². The van der Waals surface area contributed by atoms with E-state index < -0.39 is 18.5 Å². The minimum absolute atomic E-state index is 0.0329. The molecule has 1 fully saturated rings. The van der Waals surface area contributed by atoms with Crippen LogP contribution in [0.1, 0.15) is 28.9 Å². The third kappa shape index (κ3) is 5.76. The first-order valence-electron chi connectivity index (χ1n) is 9.38. The number of carbonyl (C=O) groups excluding carboxylic acids is 2. The van der Waals surface area contributed by atoms with Gasteiger partial charge in [-0.3, -0.25) is 9.69 Å². The summed E-state index contributed by atoms with van der Waals surface area (Å²) in [7, 11) is 0. The highest BCUT2D eigenvalue weighted by Gasteiger charge is 2.24. The number of likely N-dealkylation sites (tertiary alicyclic amines) is 1. The largest absolute Gasteiger partial charge is 0.451 e. The number of esters is 1. The van der Waals surface area contributed by atoms with Crippen LogP contribution in [0.2, 0.25) is 15.2 Å². The highest BCUT2D eigenvalue weighted by molar-refractivity contribution is 6.46. The van der Waals surface area contributed by atoms with Gasteiger partial charge in [0.2, 0.25) is 0 Å². The lowest BCUT2D eigenvalue weighted by Gasteiger charge is -2.32. The number of halogens is 3. The van der Waals surface area contributed by atoms with Crippen molar-refractivity contribution in [3.05, 3.63) is 56.8 Å². The highest BCUT2D eigenvalue weighted by Crippen LogP contribution is 2.34. The van der Waals surface area contributed by atoms with E-state index in [2.05, 4.69) is 27.3 Å². The molecule has 2 heterocycles. The zero-order chi connectivity index (χ0) is 21.7. The molecule has 1 aliphatic rings. The summed E-state index contributed by atoms with van der Waals surface area (Å²) in [6, 6.07) is 10.3. The molecule has 0 radical (unpaired) electrons. The molecule has 2 aromatic rings. The number of amides is 1. The van der Waals surface area contributed by atoms with Gasteiger partial charge in [0.25, 0.3) is 5.91 Å². The number of ether oxygens (including phenoxy) is 1. The Labute approximate surface area is 189 Å². The van der Waals surface area contributed by atoms with E-state index in [4.69, 9.17) is 45.3 Å². The summed E-state index contributed by atoms with van der Waals surface area (Å²) >= 11 is 17.6. The van der Waals surface area contributed by atoms with Gasteiger partial charge in [0.05, 0.1) is 10.7 Å². The number of carbonyl (C=O) groups is 2. The fourth-order valence-corrected chi connectivity index (χ4v) is 3.80. The number of benzene rings is 1. The molecule has 10 heteroatoms. The number of aromatic nitrogens is 1. The first kappa shape index (κ1) is 22.6. The maximum atomic E-state index is 12.2. The topological polar surface area (TPSA) is 97.5 Å². The maximum Gasteiger partial charge on any atom is 0.359 e. The summed E-state index contributed by atoms with van der Waals surface area (Å²) in [4.78, 5) is 30.5. The molecule has 3 N–H and O–H groups in total. The van der Waals surface area contributed by atoms with Gasteiger partial charge in [0.1, 0.15) is 5.02 Å². The third-order valence-electron chi connectivity index (χ3n) is 4.80. The summed E-state index contributed by atoms with van der Waals surface area (Å²) in [5.41, 5.74) is 6.59. The van der Waals surface area contributed by atoms with Crippen molar-refractivity contribution in [1.29, 1.82) is 0 Å². The molecule has 1 aromatic carbocycles. The number of piperidine rings is 1. The number of hydrogen-bond donors (Lipinski definition) is 2. The van der Waals surface area contributed by atoms with Gasteiger partial charge < -0.3 is 15.8 Å². The zero-order valence-corrected chi connectivity index (χ0v) is 18.3. The Bertz CT molecular complexity index is 919. The van der Waals surface area contributed by atoms with Crippen LogP contribution in [0.4, 0.5) is 5.69 Å². The second kappa shape index (κ2) is 10.3. The number of nitrogen functional groups attached to an aromatic ring is 1. The van der Waals surface area contributed by atoms with Crippen LogP contribution in [0.15, 0.2) is 30.3 Å². The first-order valence-corrected chi connectivity index (χ1v) is 10.5. The molecule has 0 spiro atoms. The molecule has 30 heavy (non-hydrogen) atoms. The Morgan fingerprint density at radius 3 is 2.47 bits per heavy atom. The first-order chi connectivity index (χ1) is 14.3. The van der Waals surface area contributed by atoms with Crippen LogP contribution in [0.25, 0.3) is 0 Å². The molecule has 0 saturated carbocycles. The lowest BCUT2D eigenvalue weighted by Crippen LogP contribution is -2.45. The lowest BCUT2D eigenvalue weighted by atomic mass is 10.0. The Hall–Kier alpha value is -2.06. The van der Waals surface area contributed by atoms with Crippen molar-refractivity contribution < 1.29 is 14.3 Å². The molecule has 1 amide bonds. The Balaban J connectivity index is 1.44. The van der Waals surface area contributed by atoms with Gasteiger partial charge in [-0.05, 0) is 18.4 Å². The number of rotatable bonds is 6. The van der Waals surface area contributed by atoms with E-state index in [1.807, 2.05) is 18.2 Å². The lowest BCUT2D eigenvalue weighted by molar-refractivity contribution is -0.125. The van der Waals surface area contributed by atoms with Gasteiger partial charge in [-0.25, -0.2) is 9.78 Å². The van der Waals surface area contributed by atoms with E-state index in [0.717, 1.165) is 32.5 Å². The Morgan fingerprint density at radius 1 is 1.13 bits per heavy atom. The summed E-state index contributed by atoms with van der Waals surface area (Å²) in [5, 5.41) is 2.51. The van der Waals surface area contributed by atoms with Gasteiger partial charge in [0, 0.05) is 25.7 Å². The third-order valence-corrected chi connectivity index (χ3v) is 5.94. The van der Waals surface area contributed by atoms with E-state index in [9.17, 15) is 9.59 Å². The van der Waals surface area contributed by atoms with E-state index in [0.29, 0.717) is 0 Å². The average Bonchev–Trinajstić information content (AvgIpc) is 2.75. The predicted octanol–water partition coefficient (Wildman–Crippen LogP) is 3.56. The quantitative estimate of drug-likeness (QED) is 0.494. The van der Waals surface area contributed by atoms with Crippen molar-refractivity contribution in [2.24, 2.45) is 0 Å². The van der Waals surface area contributed by atoms with E-state index in [1.165, 1.54) is 5.56 Å². The van der Waals surface area contributed by atoms with Crippen LogP contribution in [-0.2, 0) is 16.1 Å². The standard InChI is InChI=1S/C20H21Cl3N4O3/c21-15-17(24)16(22)19(23)26-18(15)20(29)30-11-14(28)25-13-6-8-27(9-7-13)10-12-4-2-1-3-5-12/h1-5,13H,6-11H2,(H2,24,26)(H,25,28). The fourth-order valence-electron chi connectivity index (χ4n) is 3.21. The number of nitrogens with one attached hydrogen (secondary N) is 1. The Kier molecular flexibility index (Phi) is 7.77. The van der Waals surface area contributed by atoms with E-state index in [-0.39, 0.29) is 32.6 Å². The molecule has 1 aromatic heterocycles. The van der Waals surface area contributed by atoms with Crippen LogP contribution in [0.5, 0.6) is 0 Å². The second-order valence-electron chi connectivity index (χ2n) is 6.97. The molecule has 0 aliphatic carbocycles. The number of pyridine rings is 1. The van der Waals surface area contributed by atoms with Crippen molar-refractivity contribution in [2.75, 3.05) is 25.4 Å². The number of nitrogens with zero attached hydrogens (tertiary/aromatic N) is 2. The number of hydrogen-bond acceptors (Lipinski definition) is 6. The summed E-state index contributed by atoms with van der Waals surface area (Å²) < 4.78 is 5.00. The van der Waals surface area contributed by atoms with Crippen molar-refractivity contribution in [3.8, 4) is 0 Å². The Morgan fingerprint density at radius 2 is 1.80 bits per heavy atom. The molecule has 1 saturated heterocycles.